The zero-order valence-electron chi connectivity index (χ0n) is 14.8. The van der Waals surface area contributed by atoms with Gasteiger partial charge in [-0.1, -0.05) is 19.8 Å². The fourth-order valence-corrected chi connectivity index (χ4v) is 2.33. The van der Waals surface area contributed by atoms with Crippen LogP contribution >= 0.6 is 7.82 Å². The van der Waals surface area contributed by atoms with E-state index < -0.39 is 51.1 Å². The van der Waals surface area contributed by atoms with E-state index in [-0.39, 0.29) is 13.0 Å². The fourth-order valence-electron chi connectivity index (χ4n) is 1.55. The third kappa shape index (κ3) is 12.8. The van der Waals surface area contributed by atoms with Crippen molar-refractivity contribution < 1.29 is 47.5 Å². The number of carboxylic acid groups (broad SMARTS) is 1. The lowest BCUT2D eigenvalue weighted by molar-refractivity contribution is -0.160. The molecule has 0 rings (SSSR count). The summed E-state index contributed by atoms with van der Waals surface area (Å²) < 4.78 is 30.6. The van der Waals surface area contributed by atoms with Crippen LogP contribution in [0.2, 0.25) is 0 Å². The molecule has 0 amide bonds. The Bertz CT molecular complexity index is 512. The highest BCUT2D eigenvalue weighted by Crippen LogP contribution is 2.43. The summed E-state index contributed by atoms with van der Waals surface area (Å²) in [7, 11) is -4.63. The van der Waals surface area contributed by atoms with Gasteiger partial charge in [0.25, 0.3) is 0 Å². The van der Waals surface area contributed by atoms with Gasteiger partial charge in [-0.15, -0.1) is 0 Å². The van der Waals surface area contributed by atoms with Gasteiger partial charge in [-0.25, -0.2) is 4.57 Å². The number of carboxylic acids is 1. The Hall–Kier alpha value is -1.52. The molecule has 0 fully saturated rings. The van der Waals surface area contributed by atoms with Crippen LogP contribution < -0.4 is 5.73 Å². The molecule has 152 valence electrons. The molecule has 3 atom stereocenters. The number of phosphoric ester groups is 1. The molecular weight excluding hydrogens is 373 g/mol. The highest BCUT2D eigenvalue weighted by molar-refractivity contribution is 7.47. The maximum Gasteiger partial charge on any atom is 0.472 e. The summed E-state index contributed by atoms with van der Waals surface area (Å²) in [4.78, 5) is 42.6. The number of hydrogen-bond acceptors (Lipinski definition) is 9. The third-order valence-corrected chi connectivity index (χ3v) is 3.86. The standard InChI is InChI=1S/C14H26NO10P/c1-3-4-5-6-13(17)25-11(7-22-10(2)16)8-23-26(20,21)24-9-12(15)14(18)19/h11-12H,3-9,15H2,1-2H3,(H,18,19)(H,20,21). The number of rotatable bonds is 14. The van der Waals surface area contributed by atoms with Crippen LogP contribution in [-0.2, 0) is 37.5 Å². The Morgan fingerprint density at radius 2 is 1.73 bits per heavy atom. The molecular formula is C14H26NO10P. The molecule has 0 bridgehead atoms. The van der Waals surface area contributed by atoms with Gasteiger partial charge < -0.3 is 25.2 Å². The number of unbranched alkanes of at least 4 members (excludes halogenated alkanes) is 2. The van der Waals surface area contributed by atoms with E-state index >= 15 is 0 Å². The maximum absolute atomic E-state index is 11.7. The molecule has 12 heteroatoms. The van der Waals surface area contributed by atoms with Crippen molar-refractivity contribution >= 4 is 25.7 Å². The summed E-state index contributed by atoms with van der Waals surface area (Å²) in [5, 5.41) is 8.58. The van der Waals surface area contributed by atoms with Gasteiger partial charge in [0.15, 0.2) is 6.10 Å². The van der Waals surface area contributed by atoms with Crippen LogP contribution in [0.3, 0.4) is 0 Å². The van der Waals surface area contributed by atoms with E-state index in [9.17, 15) is 23.8 Å². The van der Waals surface area contributed by atoms with Crippen LogP contribution in [-0.4, -0.2) is 59.9 Å². The lowest BCUT2D eigenvalue weighted by atomic mass is 10.2. The summed E-state index contributed by atoms with van der Waals surface area (Å²) in [5.41, 5.74) is 5.15. The van der Waals surface area contributed by atoms with E-state index in [1.54, 1.807) is 0 Å². The minimum absolute atomic E-state index is 0.144. The second kappa shape index (κ2) is 12.8. The van der Waals surface area contributed by atoms with Crippen molar-refractivity contribution in [1.82, 2.24) is 0 Å². The van der Waals surface area contributed by atoms with Crippen molar-refractivity contribution in [1.29, 1.82) is 0 Å². The highest BCUT2D eigenvalue weighted by Gasteiger charge is 2.27. The molecule has 0 radical (unpaired) electrons. The first-order chi connectivity index (χ1) is 12.1. The van der Waals surface area contributed by atoms with Gasteiger partial charge in [-0.05, 0) is 6.42 Å². The van der Waals surface area contributed by atoms with Crippen molar-refractivity contribution in [3.8, 4) is 0 Å². The first-order valence-electron chi connectivity index (χ1n) is 8.00. The number of aliphatic carboxylic acids is 1. The van der Waals surface area contributed by atoms with E-state index in [1.807, 2.05) is 6.92 Å². The molecule has 11 nitrogen and oxygen atoms in total. The number of carbonyl (C=O) groups is 3. The summed E-state index contributed by atoms with van der Waals surface area (Å²) in [6.45, 7) is 1.40. The van der Waals surface area contributed by atoms with E-state index in [4.69, 9.17) is 20.3 Å². The first kappa shape index (κ1) is 24.5. The van der Waals surface area contributed by atoms with Gasteiger partial charge in [0.05, 0.1) is 13.2 Å². The normalized spacial score (nSPS) is 15.5. The molecule has 4 N–H and O–H groups in total. The van der Waals surface area contributed by atoms with Crippen LogP contribution in [0.1, 0.15) is 39.5 Å². The number of nitrogens with two attached hydrogens (primary N) is 1. The van der Waals surface area contributed by atoms with Crippen molar-refractivity contribution in [2.24, 2.45) is 5.73 Å². The topological polar surface area (TPSA) is 172 Å². The highest BCUT2D eigenvalue weighted by atomic mass is 31.2. The van der Waals surface area contributed by atoms with Crippen LogP contribution in [0.4, 0.5) is 0 Å². The van der Waals surface area contributed by atoms with Gasteiger partial charge in [-0.2, -0.15) is 0 Å². The molecule has 0 aliphatic carbocycles. The molecule has 0 spiro atoms. The molecule has 0 aromatic carbocycles. The molecule has 0 aromatic rings. The largest absolute Gasteiger partial charge is 0.480 e. The van der Waals surface area contributed by atoms with E-state index in [0.717, 1.165) is 19.8 Å². The Morgan fingerprint density at radius 1 is 1.12 bits per heavy atom. The minimum Gasteiger partial charge on any atom is -0.480 e. The predicted octanol–water partition coefficient (Wildman–Crippen LogP) is 0.587. The third-order valence-electron chi connectivity index (χ3n) is 2.91. The summed E-state index contributed by atoms with van der Waals surface area (Å²) in [6.07, 6.45) is 1.39. The smallest absolute Gasteiger partial charge is 0.472 e. The van der Waals surface area contributed by atoms with Gasteiger partial charge in [0.1, 0.15) is 12.6 Å². The van der Waals surface area contributed by atoms with Gasteiger partial charge in [0.2, 0.25) is 0 Å². The number of esters is 2. The zero-order chi connectivity index (χ0) is 20.2. The molecule has 0 aliphatic heterocycles. The Kier molecular flexibility index (Phi) is 12.0. The predicted molar refractivity (Wildman–Crippen MR) is 88.0 cm³/mol. The molecule has 0 heterocycles. The Morgan fingerprint density at radius 3 is 2.27 bits per heavy atom. The summed E-state index contributed by atoms with van der Waals surface area (Å²) in [5.74, 6) is -2.62. The fraction of sp³-hybridized carbons (Fsp3) is 0.786. The van der Waals surface area contributed by atoms with Crippen molar-refractivity contribution in [3.05, 3.63) is 0 Å². The zero-order valence-corrected chi connectivity index (χ0v) is 15.7. The van der Waals surface area contributed by atoms with Crippen molar-refractivity contribution in [3.63, 3.8) is 0 Å². The van der Waals surface area contributed by atoms with E-state index in [0.29, 0.717) is 6.42 Å². The molecule has 26 heavy (non-hydrogen) atoms. The minimum atomic E-state index is -4.63. The van der Waals surface area contributed by atoms with Crippen molar-refractivity contribution in [2.75, 3.05) is 19.8 Å². The second-order valence-electron chi connectivity index (χ2n) is 5.38. The van der Waals surface area contributed by atoms with Gasteiger partial charge in [0, 0.05) is 13.3 Å². The number of hydrogen-bond donors (Lipinski definition) is 3. The average Bonchev–Trinajstić information content (AvgIpc) is 2.55. The monoisotopic (exact) mass is 399 g/mol. The maximum atomic E-state index is 11.7. The average molecular weight is 399 g/mol. The van der Waals surface area contributed by atoms with Gasteiger partial charge in [-0.3, -0.25) is 23.4 Å². The molecule has 0 saturated heterocycles. The molecule has 0 aliphatic rings. The first-order valence-corrected chi connectivity index (χ1v) is 9.50. The second-order valence-corrected chi connectivity index (χ2v) is 6.83. The van der Waals surface area contributed by atoms with Crippen LogP contribution in [0.15, 0.2) is 0 Å². The Balaban J connectivity index is 4.55. The number of ether oxygens (including phenoxy) is 2. The summed E-state index contributed by atoms with van der Waals surface area (Å²) in [6, 6.07) is -1.51. The van der Waals surface area contributed by atoms with E-state index in [1.165, 1.54) is 0 Å². The lowest BCUT2D eigenvalue weighted by Crippen LogP contribution is -2.34. The molecule has 0 saturated carbocycles. The van der Waals surface area contributed by atoms with Gasteiger partial charge >= 0.3 is 25.7 Å². The number of phosphoric acid groups is 1. The summed E-state index contributed by atoms with van der Waals surface area (Å²) >= 11 is 0. The van der Waals surface area contributed by atoms with Crippen LogP contribution in [0.5, 0.6) is 0 Å². The quantitative estimate of drug-likeness (QED) is 0.212. The molecule has 3 unspecified atom stereocenters. The van der Waals surface area contributed by atoms with Crippen LogP contribution in [0.25, 0.3) is 0 Å². The van der Waals surface area contributed by atoms with Crippen molar-refractivity contribution in [2.45, 2.75) is 51.7 Å². The SMILES string of the molecule is CCCCCC(=O)OC(COC(C)=O)COP(=O)(O)OCC(N)C(=O)O. The van der Waals surface area contributed by atoms with Crippen LogP contribution in [0, 0.1) is 0 Å². The Labute approximate surface area is 151 Å². The number of carbonyl (C=O) groups excluding carboxylic acids is 2. The molecule has 0 aromatic heterocycles. The van der Waals surface area contributed by atoms with E-state index in [2.05, 4.69) is 9.05 Å². The lowest BCUT2D eigenvalue weighted by Gasteiger charge is -2.20.